The molecule has 1 saturated heterocycles. The van der Waals surface area contributed by atoms with Crippen molar-refractivity contribution < 1.29 is 0 Å². The molecule has 0 aromatic heterocycles. The summed E-state index contributed by atoms with van der Waals surface area (Å²) >= 11 is 0. The molecule has 0 spiro atoms. The van der Waals surface area contributed by atoms with Crippen molar-refractivity contribution in [1.82, 2.24) is 10.6 Å². The maximum Gasteiger partial charge on any atom is 0.0582 e. The normalized spacial score (nSPS) is 38.2. The van der Waals surface area contributed by atoms with Gasteiger partial charge < -0.3 is 11.1 Å². The summed E-state index contributed by atoms with van der Waals surface area (Å²) in [6.45, 7) is 0. The summed E-state index contributed by atoms with van der Waals surface area (Å²) in [5, 5.41) is 6.27. The van der Waals surface area contributed by atoms with Crippen LogP contribution in [0.1, 0.15) is 12.8 Å². The van der Waals surface area contributed by atoms with Crippen molar-refractivity contribution in [2.75, 3.05) is 7.05 Å². The van der Waals surface area contributed by atoms with E-state index >= 15 is 0 Å². The molecule has 0 aromatic rings. The molecule has 2 unspecified atom stereocenters. The predicted octanol–water partition coefficient (Wildman–Crippen LogP) is -0.800. The van der Waals surface area contributed by atoms with Gasteiger partial charge in [-0.15, -0.1) is 0 Å². The molecule has 1 fully saturated rings. The van der Waals surface area contributed by atoms with E-state index in [2.05, 4.69) is 10.6 Å². The van der Waals surface area contributed by atoms with Crippen molar-refractivity contribution >= 4 is 0 Å². The molecule has 1 rings (SSSR count). The molecule has 48 valence electrons. The Morgan fingerprint density at radius 2 is 2.38 bits per heavy atom. The minimum absolute atomic E-state index is 0.215. The van der Waals surface area contributed by atoms with Gasteiger partial charge in [-0.3, -0.25) is 5.32 Å². The van der Waals surface area contributed by atoms with E-state index in [0.29, 0.717) is 6.17 Å². The monoisotopic (exact) mass is 115 g/mol. The first-order chi connectivity index (χ1) is 3.83. The van der Waals surface area contributed by atoms with Crippen molar-refractivity contribution in [2.45, 2.75) is 25.2 Å². The van der Waals surface area contributed by atoms with Gasteiger partial charge in [-0.1, -0.05) is 0 Å². The zero-order valence-corrected chi connectivity index (χ0v) is 5.15. The first-order valence-electron chi connectivity index (χ1n) is 3.02. The lowest BCUT2D eigenvalue weighted by molar-refractivity contribution is 0.495. The highest BCUT2D eigenvalue weighted by atomic mass is 15.2. The average molecular weight is 115 g/mol. The number of hydrogen-bond acceptors (Lipinski definition) is 3. The van der Waals surface area contributed by atoms with Crippen LogP contribution in [0.4, 0.5) is 0 Å². The second-order valence-electron chi connectivity index (χ2n) is 2.19. The third kappa shape index (κ3) is 1.18. The summed E-state index contributed by atoms with van der Waals surface area (Å²) in [5.41, 5.74) is 5.55. The van der Waals surface area contributed by atoms with Crippen LogP contribution in [0.3, 0.4) is 0 Å². The van der Waals surface area contributed by atoms with Crippen LogP contribution < -0.4 is 16.4 Å². The van der Waals surface area contributed by atoms with Crippen LogP contribution >= 0.6 is 0 Å². The van der Waals surface area contributed by atoms with Crippen molar-refractivity contribution in [3.63, 3.8) is 0 Å². The SMILES string of the molecule is CNC1CCC(N)N1. The second kappa shape index (κ2) is 2.44. The lowest BCUT2D eigenvalue weighted by atomic mass is 10.3. The van der Waals surface area contributed by atoms with Gasteiger partial charge in [-0.2, -0.15) is 0 Å². The molecule has 4 N–H and O–H groups in total. The van der Waals surface area contributed by atoms with E-state index < -0.39 is 0 Å². The van der Waals surface area contributed by atoms with E-state index in [9.17, 15) is 0 Å². The molecule has 0 radical (unpaired) electrons. The first kappa shape index (κ1) is 6.01. The summed E-state index contributed by atoms with van der Waals surface area (Å²) in [6.07, 6.45) is 2.90. The van der Waals surface area contributed by atoms with Crippen LogP contribution in [0.2, 0.25) is 0 Å². The van der Waals surface area contributed by atoms with Crippen LogP contribution in [-0.2, 0) is 0 Å². The molecule has 0 bridgehead atoms. The molecule has 8 heavy (non-hydrogen) atoms. The molecule has 0 aliphatic carbocycles. The topological polar surface area (TPSA) is 50.1 Å². The zero-order valence-electron chi connectivity index (χ0n) is 5.15. The Balaban J connectivity index is 2.22. The van der Waals surface area contributed by atoms with Crippen molar-refractivity contribution in [2.24, 2.45) is 5.73 Å². The molecular weight excluding hydrogens is 102 g/mol. The summed E-state index contributed by atoms with van der Waals surface area (Å²) in [6, 6.07) is 0. The summed E-state index contributed by atoms with van der Waals surface area (Å²) in [5.74, 6) is 0. The summed E-state index contributed by atoms with van der Waals surface area (Å²) < 4.78 is 0. The maximum atomic E-state index is 5.55. The Bertz CT molecular complexity index is 74.1. The highest BCUT2D eigenvalue weighted by Gasteiger charge is 2.17. The van der Waals surface area contributed by atoms with Gasteiger partial charge in [0.05, 0.1) is 12.3 Å². The van der Waals surface area contributed by atoms with Crippen molar-refractivity contribution in [3.05, 3.63) is 0 Å². The molecule has 3 nitrogen and oxygen atoms in total. The van der Waals surface area contributed by atoms with Crippen molar-refractivity contribution in [3.8, 4) is 0 Å². The number of nitrogens with two attached hydrogens (primary N) is 1. The fourth-order valence-electron chi connectivity index (χ4n) is 0.999. The number of hydrogen-bond donors (Lipinski definition) is 3. The van der Waals surface area contributed by atoms with Gasteiger partial charge >= 0.3 is 0 Å². The molecule has 1 aliphatic rings. The Labute approximate surface area is 49.6 Å². The van der Waals surface area contributed by atoms with Crippen LogP contribution in [0, 0.1) is 0 Å². The van der Waals surface area contributed by atoms with Gasteiger partial charge in [-0.05, 0) is 19.9 Å². The molecule has 3 heteroatoms. The van der Waals surface area contributed by atoms with Crippen molar-refractivity contribution in [1.29, 1.82) is 0 Å². The van der Waals surface area contributed by atoms with Crippen LogP contribution in [0.15, 0.2) is 0 Å². The second-order valence-corrected chi connectivity index (χ2v) is 2.19. The molecular formula is C5H13N3. The van der Waals surface area contributed by atoms with Crippen LogP contribution in [0.25, 0.3) is 0 Å². The molecule has 1 heterocycles. The van der Waals surface area contributed by atoms with E-state index in [1.54, 1.807) is 0 Å². The minimum Gasteiger partial charge on any atom is -0.316 e. The third-order valence-electron chi connectivity index (χ3n) is 1.53. The van der Waals surface area contributed by atoms with Crippen LogP contribution in [0.5, 0.6) is 0 Å². The van der Waals surface area contributed by atoms with Gasteiger partial charge in [0.15, 0.2) is 0 Å². The van der Waals surface area contributed by atoms with Gasteiger partial charge in [0.2, 0.25) is 0 Å². The molecule has 0 aromatic carbocycles. The quantitative estimate of drug-likeness (QED) is 0.419. The lowest BCUT2D eigenvalue weighted by Crippen LogP contribution is -2.42. The highest BCUT2D eigenvalue weighted by Crippen LogP contribution is 2.04. The predicted molar refractivity (Wildman–Crippen MR) is 33.2 cm³/mol. The van der Waals surface area contributed by atoms with Gasteiger partial charge in [0.25, 0.3) is 0 Å². The standard InChI is InChI=1S/C5H13N3/c1-7-5-3-2-4(6)8-5/h4-5,7-8H,2-3,6H2,1H3. The Morgan fingerprint density at radius 3 is 2.62 bits per heavy atom. The van der Waals surface area contributed by atoms with Crippen LogP contribution in [-0.4, -0.2) is 19.4 Å². The average Bonchev–Trinajstić information content (AvgIpc) is 2.14. The number of nitrogens with one attached hydrogen (secondary N) is 2. The largest absolute Gasteiger partial charge is 0.316 e. The van der Waals surface area contributed by atoms with E-state index in [0.717, 1.165) is 12.8 Å². The van der Waals surface area contributed by atoms with E-state index in [4.69, 9.17) is 5.73 Å². The van der Waals surface area contributed by atoms with Gasteiger partial charge in [0.1, 0.15) is 0 Å². The van der Waals surface area contributed by atoms with Gasteiger partial charge in [0, 0.05) is 0 Å². The summed E-state index contributed by atoms with van der Waals surface area (Å²) in [4.78, 5) is 0. The fraction of sp³-hybridized carbons (Fsp3) is 1.00. The zero-order chi connectivity index (χ0) is 5.98. The molecule has 0 saturated carbocycles. The third-order valence-corrected chi connectivity index (χ3v) is 1.53. The lowest BCUT2D eigenvalue weighted by Gasteiger charge is -2.08. The Hall–Kier alpha value is -0.120. The fourth-order valence-corrected chi connectivity index (χ4v) is 0.999. The minimum atomic E-state index is 0.215. The highest BCUT2D eigenvalue weighted by molar-refractivity contribution is 4.75. The van der Waals surface area contributed by atoms with E-state index in [-0.39, 0.29) is 6.17 Å². The first-order valence-corrected chi connectivity index (χ1v) is 3.02. The maximum absolute atomic E-state index is 5.55. The summed E-state index contributed by atoms with van der Waals surface area (Å²) in [7, 11) is 1.94. The molecule has 0 amide bonds. The smallest absolute Gasteiger partial charge is 0.0582 e. The van der Waals surface area contributed by atoms with E-state index in [1.165, 1.54) is 0 Å². The Morgan fingerprint density at radius 1 is 1.62 bits per heavy atom. The van der Waals surface area contributed by atoms with E-state index in [1.807, 2.05) is 7.05 Å². The molecule has 1 aliphatic heterocycles. The molecule has 2 atom stereocenters. The Kier molecular flexibility index (Phi) is 1.83. The number of rotatable bonds is 1. The van der Waals surface area contributed by atoms with Gasteiger partial charge in [-0.25, -0.2) is 0 Å².